The third kappa shape index (κ3) is 3.81. The third-order valence-corrected chi connectivity index (χ3v) is 8.12. The standard InChI is InChI=1S/C21H26FN5O3S/c1-31(29,30)17-3-2-15(18(22)7-17)6-14-8-21(9-14)11-27(12-21)20(28)26-5-4-16(10-26)19-23-13-24-25-19/h2-3,7,13-14,16H,4-6,8-12H2,1H3,(H,23,24,25)/t16-/m0/s1. The maximum absolute atomic E-state index is 14.3. The lowest BCUT2D eigenvalue weighted by Crippen LogP contribution is -2.65. The van der Waals surface area contributed by atoms with Crippen molar-refractivity contribution in [3.05, 3.63) is 41.7 Å². The molecule has 31 heavy (non-hydrogen) atoms. The number of aromatic amines is 1. The summed E-state index contributed by atoms with van der Waals surface area (Å²) in [6.07, 6.45) is 6.03. The number of sulfone groups is 1. The maximum atomic E-state index is 14.3. The molecule has 2 aliphatic heterocycles. The number of aromatic nitrogens is 3. The number of H-pyrrole nitrogens is 1. The number of likely N-dealkylation sites (tertiary alicyclic amines) is 2. The summed E-state index contributed by atoms with van der Waals surface area (Å²) in [5, 5.41) is 6.79. The predicted octanol–water partition coefficient (Wildman–Crippen LogP) is 2.21. The Labute approximate surface area is 180 Å². The summed E-state index contributed by atoms with van der Waals surface area (Å²) in [7, 11) is -3.40. The number of halogens is 1. The molecule has 2 amide bonds. The van der Waals surface area contributed by atoms with Crippen LogP contribution in [-0.4, -0.2) is 71.9 Å². The quantitative estimate of drug-likeness (QED) is 0.775. The third-order valence-electron chi connectivity index (χ3n) is 7.01. The number of hydrogen-bond acceptors (Lipinski definition) is 5. The summed E-state index contributed by atoms with van der Waals surface area (Å²) < 4.78 is 37.5. The molecule has 166 valence electrons. The molecule has 0 bridgehead atoms. The van der Waals surface area contributed by atoms with Crippen LogP contribution in [0.25, 0.3) is 0 Å². The molecule has 3 fully saturated rings. The van der Waals surface area contributed by atoms with Crippen molar-refractivity contribution in [2.75, 3.05) is 32.4 Å². The highest BCUT2D eigenvalue weighted by Gasteiger charge is 2.54. The molecular formula is C21H26FN5O3S. The van der Waals surface area contributed by atoms with E-state index in [-0.39, 0.29) is 22.3 Å². The number of carbonyl (C=O) groups excluding carboxylic acids is 1. The normalized spacial score (nSPS) is 23.1. The number of carbonyl (C=O) groups is 1. The molecule has 2 aromatic rings. The average molecular weight is 448 g/mol. The van der Waals surface area contributed by atoms with Gasteiger partial charge in [0, 0.05) is 43.8 Å². The van der Waals surface area contributed by atoms with Gasteiger partial charge in [-0.2, -0.15) is 5.10 Å². The zero-order valence-corrected chi connectivity index (χ0v) is 18.2. The monoisotopic (exact) mass is 447 g/mol. The van der Waals surface area contributed by atoms with E-state index in [0.717, 1.165) is 57.0 Å². The van der Waals surface area contributed by atoms with Crippen molar-refractivity contribution in [2.24, 2.45) is 11.3 Å². The molecule has 1 saturated carbocycles. The number of nitrogens with one attached hydrogen (secondary N) is 1. The number of urea groups is 1. The van der Waals surface area contributed by atoms with Crippen molar-refractivity contribution >= 4 is 15.9 Å². The van der Waals surface area contributed by atoms with E-state index in [4.69, 9.17) is 0 Å². The predicted molar refractivity (Wildman–Crippen MR) is 111 cm³/mol. The topological polar surface area (TPSA) is 99.3 Å². The number of hydrogen-bond donors (Lipinski definition) is 1. The minimum Gasteiger partial charge on any atom is -0.324 e. The number of rotatable bonds is 4. The van der Waals surface area contributed by atoms with Crippen molar-refractivity contribution in [3.63, 3.8) is 0 Å². The smallest absolute Gasteiger partial charge is 0.320 e. The fraction of sp³-hybridized carbons (Fsp3) is 0.571. The van der Waals surface area contributed by atoms with Crippen LogP contribution < -0.4 is 0 Å². The van der Waals surface area contributed by atoms with E-state index in [1.54, 1.807) is 6.07 Å². The number of benzene rings is 1. The Morgan fingerprint density at radius 3 is 2.71 bits per heavy atom. The molecule has 5 rings (SSSR count). The first-order valence-corrected chi connectivity index (χ1v) is 12.5. The zero-order chi connectivity index (χ0) is 21.8. The molecular weight excluding hydrogens is 421 g/mol. The fourth-order valence-corrected chi connectivity index (χ4v) is 6.10. The van der Waals surface area contributed by atoms with E-state index in [0.29, 0.717) is 24.4 Å². The van der Waals surface area contributed by atoms with E-state index in [9.17, 15) is 17.6 Å². The molecule has 1 N–H and O–H groups in total. The zero-order valence-electron chi connectivity index (χ0n) is 17.4. The Balaban J connectivity index is 1.11. The largest absolute Gasteiger partial charge is 0.324 e. The second-order valence-electron chi connectivity index (χ2n) is 9.44. The number of amides is 2. The fourth-order valence-electron chi connectivity index (χ4n) is 5.47. The Bertz CT molecular complexity index is 1090. The number of nitrogens with zero attached hydrogens (tertiary/aromatic N) is 4. The Morgan fingerprint density at radius 2 is 2.06 bits per heavy atom. The summed E-state index contributed by atoms with van der Waals surface area (Å²) in [6, 6.07) is 4.28. The van der Waals surface area contributed by atoms with Crippen molar-refractivity contribution in [1.29, 1.82) is 0 Å². The summed E-state index contributed by atoms with van der Waals surface area (Å²) in [5.74, 6) is 0.982. The van der Waals surface area contributed by atoms with Gasteiger partial charge in [-0.1, -0.05) is 6.07 Å². The van der Waals surface area contributed by atoms with Crippen molar-refractivity contribution in [1.82, 2.24) is 25.0 Å². The van der Waals surface area contributed by atoms with Crippen LogP contribution in [0.2, 0.25) is 0 Å². The highest BCUT2D eigenvalue weighted by atomic mass is 32.2. The van der Waals surface area contributed by atoms with E-state index in [1.807, 2.05) is 9.80 Å². The maximum Gasteiger partial charge on any atom is 0.320 e. The Hall–Kier alpha value is -2.49. The van der Waals surface area contributed by atoms with Crippen LogP contribution in [0, 0.1) is 17.2 Å². The lowest BCUT2D eigenvalue weighted by Gasteiger charge is -2.59. The van der Waals surface area contributed by atoms with Gasteiger partial charge in [-0.05, 0) is 49.3 Å². The van der Waals surface area contributed by atoms with Gasteiger partial charge in [0.05, 0.1) is 4.90 Å². The van der Waals surface area contributed by atoms with Gasteiger partial charge in [0.25, 0.3) is 0 Å². The van der Waals surface area contributed by atoms with E-state index < -0.39 is 15.7 Å². The summed E-state index contributed by atoms with van der Waals surface area (Å²) in [4.78, 5) is 20.8. The van der Waals surface area contributed by atoms with Crippen LogP contribution in [0.15, 0.2) is 29.4 Å². The summed E-state index contributed by atoms with van der Waals surface area (Å²) in [6.45, 7) is 2.94. The van der Waals surface area contributed by atoms with Gasteiger partial charge < -0.3 is 9.80 Å². The van der Waals surface area contributed by atoms with Crippen LogP contribution >= 0.6 is 0 Å². The van der Waals surface area contributed by atoms with Crippen LogP contribution in [0.3, 0.4) is 0 Å². The second-order valence-corrected chi connectivity index (χ2v) is 11.5. The van der Waals surface area contributed by atoms with Gasteiger partial charge in [-0.3, -0.25) is 5.10 Å². The molecule has 1 spiro atoms. The van der Waals surface area contributed by atoms with Gasteiger partial charge in [0.2, 0.25) is 0 Å². The minimum atomic E-state index is -3.40. The minimum absolute atomic E-state index is 0.0134. The molecule has 10 heteroatoms. The lowest BCUT2D eigenvalue weighted by atomic mass is 9.56. The van der Waals surface area contributed by atoms with E-state index in [1.165, 1.54) is 12.4 Å². The summed E-state index contributed by atoms with van der Waals surface area (Å²) in [5.41, 5.74) is 0.739. The highest BCUT2D eigenvalue weighted by molar-refractivity contribution is 7.90. The molecule has 0 radical (unpaired) electrons. The van der Waals surface area contributed by atoms with E-state index in [2.05, 4.69) is 15.2 Å². The molecule has 1 aliphatic carbocycles. The molecule has 1 atom stereocenters. The Kier molecular flexibility index (Phi) is 4.80. The van der Waals surface area contributed by atoms with Gasteiger partial charge >= 0.3 is 6.03 Å². The molecule has 3 aliphatic rings. The SMILES string of the molecule is CS(=O)(=O)c1ccc(CC2CC3(C2)CN(C(=O)N2CC[C@H](c4ncn[nH]4)C2)C3)c(F)c1. The summed E-state index contributed by atoms with van der Waals surface area (Å²) >= 11 is 0. The van der Waals surface area contributed by atoms with Crippen LogP contribution in [0.5, 0.6) is 0 Å². The first kappa shape index (κ1) is 20.4. The van der Waals surface area contributed by atoms with Crippen LogP contribution in [0.1, 0.15) is 36.6 Å². The molecule has 3 heterocycles. The van der Waals surface area contributed by atoms with Gasteiger partial charge in [-0.15, -0.1) is 0 Å². The average Bonchev–Trinajstić information content (AvgIpc) is 3.33. The van der Waals surface area contributed by atoms with Gasteiger partial charge in [-0.25, -0.2) is 22.6 Å². The molecule has 0 unspecified atom stereocenters. The van der Waals surface area contributed by atoms with Crippen molar-refractivity contribution < 1.29 is 17.6 Å². The highest BCUT2D eigenvalue weighted by Crippen LogP contribution is 2.53. The lowest BCUT2D eigenvalue weighted by molar-refractivity contribution is -0.0755. The van der Waals surface area contributed by atoms with E-state index >= 15 is 0 Å². The Morgan fingerprint density at radius 1 is 1.29 bits per heavy atom. The van der Waals surface area contributed by atoms with Crippen LogP contribution in [0.4, 0.5) is 9.18 Å². The van der Waals surface area contributed by atoms with Gasteiger partial charge in [0.1, 0.15) is 18.0 Å². The van der Waals surface area contributed by atoms with Gasteiger partial charge in [0.15, 0.2) is 9.84 Å². The van der Waals surface area contributed by atoms with Crippen molar-refractivity contribution in [2.45, 2.75) is 36.5 Å². The molecule has 1 aromatic carbocycles. The first-order valence-electron chi connectivity index (χ1n) is 10.6. The first-order chi connectivity index (χ1) is 14.7. The molecule has 1 aromatic heterocycles. The molecule has 2 saturated heterocycles. The molecule has 8 nitrogen and oxygen atoms in total. The second kappa shape index (κ2) is 7.29. The van der Waals surface area contributed by atoms with Crippen LogP contribution in [-0.2, 0) is 16.3 Å². The van der Waals surface area contributed by atoms with Crippen molar-refractivity contribution in [3.8, 4) is 0 Å².